The molecule has 0 saturated heterocycles. The highest BCUT2D eigenvalue weighted by atomic mass is 16.2. The van der Waals surface area contributed by atoms with Gasteiger partial charge in [0.25, 0.3) is 5.91 Å². The maximum Gasteiger partial charge on any atom is 0.256 e. The van der Waals surface area contributed by atoms with Crippen LogP contribution in [0.5, 0.6) is 0 Å². The van der Waals surface area contributed by atoms with E-state index in [1.807, 2.05) is 17.0 Å². The summed E-state index contributed by atoms with van der Waals surface area (Å²) in [5.74, 6) is 1.90. The van der Waals surface area contributed by atoms with Crippen LogP contribution in [0.1, 0.15) is 67.2 Å². The quantitative estimate of drug-likeness (QED) is 0.650. The Morgan fingerprint density at radius 1 is 1.05 bits per heavy atom. The van der Waals surface area contributed by atoms with Gasteiger partial charge in [0.15, 0.2) is 0 Å². The number of allylic oxidation sites excluding steroid dienone is 3. The number of aryl methyl sites for hydroxylation is 1. The highest BCUT2D eigenvalue weighted by molar-refractivity contribution is 6.15. The van der Waals surface area contributed by atoms with Crippen LogP contribution >= 0.6 is 0 Å². The molecule has 1 unspecified atom stereocenters. The first-order chi connectivity index (χ1) is 18.1. The number of nitrogens with zero attached hydrogens (tertiary/aromatic N) is 3. The summed E-state index contributed by atoms with van der Waals surface area (Å²) in [6.45, 7) is 0.697. The molecular weight excluding hydrogens is 460 g/mol. The van der Waals surface area contributed by atoms with Gasteiger partial charge in [0.05, 0.1) is 5.41 Å². The fourth-order valence-corrected chi connectivity index (χ4v) is 7.10. The Bertz CT molecular complexity index is 1400. The van der Waals surface area contributed by atoms with Crippen molar-refractivity contribution < 1.29 is 9.59 Å². The summed E-state index contributed by atoms with van der Waals surface area (Å²) in [7, 11) is 0. The highest BCUT2D eigenvalue weighted by Gasteiger charge is 2.51. The molecule has 1 saturated carbocycles. The summed E-state index contributed by atoms with van der Waals surface area (Å²) in [4.78, 5) is 38.1. The first kappa shape index (κ1) is 22.6. The summed E-state index contributed by atoms with van der Waals surface area (Å²) in [5, 5.41) is 2.99. The molecule has 6 nitrogen and oxygen atoms in total. The first-order valence-electron chi connectivity index (χ1n) is 13.7. The number of amides is 2. The minimum absolute atomic E-state index is 0.0611. The molecule has 1 aromatic heterocycles. The van der Waals surface area contributed by atoms with E-state index in [9.17, 15) is 9.59 Å². The largest absolute Gasteiger partial charge is 0.310 e. The SMILES string of the molecule is O=C1N(CCCc2ccc3c(c2)CC2(C3)C(=O)Nc3ncccc32)C(C2=CC=CCC2)=NC12CCCC2. The number of hydrogen-bond acceptors (Lipinski definition) is 4. The predicted molar refractivity (Wildman–Crippen MR) is 144 cm³/mol. The van der Waals surface area contributed by atoms with Gasteiger partial charge in [-0.3, -0.25) is 19.5 Å². The molecule has 2 aliphatic heterocycles. The van der Waals surface area contributed by atoms with E-state index in [0.717, 1.165) is 69.2 Å². The van der Waals surface area contributed by atoms with Crippen LogP contribution in [0.15, 0.2) is 65.3 Å². The molecule has 188 valence electrons. The van der Waals surface area contributed by atoms with Crippen molar-refractivity contribution in [2.24, 2.45) is 4.99 Å². The number of fused-ring (bicyclic) bond motifs is 3. The molecule has 2 spiro atoms. The Balaban J connectivity index is 1.07. The Morgan fingerprint density at radius 3 is 2.76 bits per heavy atom. The molecule has 1 N–H and O–H groups in total. The second-order valence-corrected chi connectivity index (χ2v) is 11.3. The van der Waals surface area contributed by atoms with Gasteiger partial charge in [-0.25, -0.2) is 4.98 Å². The van der Waals surface area contributed by atoms with Crippen LogP contribution in [0, 0.1) is 0 Å². The average Bonchev–Trinajstić information content (AvgIpc) is 3.67. The molecule has 5 aliphatic rings. The number of pyridine rings is 1. The number of aliphatic imine (C=N–C) groups is 1. The van der Waals surface area contributed by atoms with Crippen molar-refractivity contribution in [3.05, 3.63) is 82.6 Å². The second kappa shape index (κ2) is 8.51. The Kier molecular flexibility index (Phi) is 5.20. The number of anilines is 1. The van der Waals surface area contributed by atoms with Gasteiger partial charge in [0.2, 0.25) is 5.91 Å². The Hall–Kier alpha value is -3.54. The molecule has 2 aromatic rings. The lowest BCUT2D eigenvalue weighted by Crippen LogP contribution is -2.42. The molecule has 0 bridgehead atoms. The number of nitrogens with one attached hydrogen (secondary N) is 1. The van der Waals surface area contributed by atoms with Gasteiger partial charge < -0.3 is 5.32 Å². The van der Waals surface area contributed by atoms with E-state index < -0.39 is 11.0 Å². The maximum absolute atomic E-state index is 13.6. The van der Waals surface area contributed by atoms with Crippen LogP contribution in [-0.4, -0.2) is 39.6 Å². The van der Waals surface area contributed by atoms with E-state index >= 15 is 0 Å². The number of carbonyl (C=O) groups is 2. The minimum atomic E-state index is -0.532. The fraction of sp³-hybridized carbons (Fsp3) is 0.419. The molecule has 3 heterocycles. The minimum Gasteiger partial charge on any atom is -0.310 e. The molecule has 0 radical (unpaired) electrons. The number of aromatic nitrogens is 1. The monoisotopic (exact) mass is 492 g/mol. The second-order valence-electron chi connectivity index (χ2n) is 11.3. The molecule has 6 heteroatoms. The third kappa shape index (κ3) is 3.52. The summed E-state index contributed by atoms with van der Waals surface area (Å²) in [6.07, 6.45) is 17.3. The van der Waals surface area contributed by atoms with E-state index in [1.54, 1.807) is 6.20 Å². The number of amidine groups is 1. The van der Waals surface area contributed by atoms with Gasteiger partial charge in [-0.2, -0.15) is 0 Å². The van der Waals surface area contributed by atoms with Crippen molar-refractivity contribution in [1.82, 2.24) is 9.88 Å². The molecule has 7 rings (SSSR count). The highest BCUT2D eigenvalue weighted by Crippen LogP contribution is 2.47. The number of benzene rings is 1. The number of hydrogen-bond donors (Lipinski definition) is 1. The zero-order valence-electron chi connectivity index (χ0n) is 21.1. The molecule has 37 heavy (non-hydrogen) atoms. The zero-order chi connectivity index (χ0) is 25.0. The fourth-order valence-electron chi connectivity index (χ4n) is 7.10. The molecule has 2 amide bonds. The number of rotatable bonds is 5. The Morgan fingerprint density at radius 2 is 1.92 bits per heavy atom. The van der Waals surface area contributed by atoms with Crippen molar-refractivity contribution in [3.63, 3.8) is 0 Å². The third-order valence-corrected chi connectivity index (χ3v) is 9.04. The van der Waals surface area contributed by atoms with Gasteiger partial charge in [-0.15, -0.1) is 0 Å². The molecule has 1 atom stereocenters. The van der Waals surface area contributed by atoms with Crippen LogP contribution in [-0.2, 0) is 34.3 Å². The van der Waals surface area contributed by atoms with Gasteiger partial charge in [0, 0.05) is 18.3 Å². The standard InChI is InChI=1S/C31H32N4O2/c36-28-30(25-11-6-16-32-26(25)33-28)19-23-13-12-21(18-24(23)20-30)8-7-17-35-27(22-9-2-1-3-10-22)34-31(29(35)37)14-4-5-15-31/h1-2,6,9,11-13,16,18H,3-5,7-8,10,14-15,17,19-20H2,(H,32,33,36). The van der Waals surface area contributed by atoms with Crippen molar-refractivity contribution in [2.45, 2.75) is 75.2 Å². The summed E-state index contributed by atoms with van der Waals surface area (Å²) in [6, 6.07) is 10.6. The topological polar surface area (TPSA) is 74.7 Å². The van der Waals surface area contributed by atoms with Crippen LogP contribution in [0.25, 0.3) is 0 Å². The smallest absolute Gasteiger partial charge is 0.256 e. The van der Waals surface area contributed by atoms with Crippen LogP contribution in [0.2, 0.25) is 0 Å². The van der Waals surface area contributed by atoms with Gasteiger partial charge in [-0.1, -0.05) is 55.3 Å². The van der Waals surface area contributed by atoms with Crippen LogP contribution < -0.4 is 5.32 Å². The molecule has 3 aliphatic carbocycles. The third-order valence-electron chi connectivity index (χ3n) is 9.04. The maximum atomic E-state index is 13.6. The van der Waals surface area contributed by atoms with Gasteiger partial charge in [-0.05, 0) is 79.7 Å². The van der Waals surface area contributed by atoms with Crippen molar-refractivity contribution >= 4 is 23.5 Å². The van der Waals surface area contributed by atoms with E-state index in [4.69, 9.17) is 4.99 Å². The van der Waals surface area contributed by atoms with E-state index in [-0.39, 0.29) is 11.8 Å². The molecular formula is C31H32N4O2. The van der Waals surface area contributed by atoms with Crippen molar-refractivity contribution in [3.8, 4) is 0 Å². The Labute approximate surface area is 217 Å². The van der Waals surface area contributed by atoms with E-state index in [0.29, 0.717) is 18.8 Å². The lowest BCUT2D eigenvalue weighted by Gasteiger charge is -2.23. The van der Waals surface area contributed by atoms with Crippen LogP contribution in [0.3, 0.4) is 0 Å². The normalized spacial score (nSPS) is 25.0. The predicted octanol–water partition coefficient (Wildman–Crippen LogP) is 4.83. The van der Waals surface area contributed by atoms with Gasteiger partial charge in [0.1, 0.15) is 17.2 Å². The van der Waals surface area contributed by atoms with E-state index in [1.165, 1.54) is 22.3 Å². The lowest BCUT2D eigenvalue weighted by molar-refractivity contribution is -0.131. The summed E-state index contributed by atoms with van der Waals surface area (Å²) >= 11 is 0. The van der Waals surface area contributed by atoms with E-state index in [2.05, 4.69) is 46.7 Å². The van der Waals surface area contributed by atoms with Gasteiger partial charge >= 0.3 is 0 Å². The summed E-state index contributed by atoms with van der Waals surface area (Å²) < 4.78 is 0. The zero-order valence-corrected chi connectivity index (χ0v) is 21.1. The average molecular weight is 493 g/mol. The lowest BCUT2D eigenvalue weighted by atomic mass is 9.79. The first-order valence-corrected chi connectivity index (χ1v) is 13.7. The summed E-state index contributed by atoms with van der Waals surface area (Å²) in [5.41, 5.74) is 4.95. The molecule has 1 fully saturated rings. The van der Waals surface area contributed by atoms with Crippen molar-refractivity contribution in [1.29, 1.82) is 0 Å². The number of carbonyl (C=O) groups excluding carboxylic acids is 2. The van der Waals surface area contributed by atoms with Crippen LogP contribution in [0.4, 0.5) is 5.82 Å². The molecule has 1 aromatic carbocycles. The van der Waals surface area contributed by atoms with Crippen molar-refractivity contribution in [2.75, 3.05) is 11.9 Å².